The van der Waals surface area contributed by atoms with Gasteiger partial charge in [0.1, 0.15) is 29.7 Å². The molecular formula is C24H18F2N2O3. The quantitative estimate of drug-likeness (QED) is 0.467. The van der Waals surface area contributed by atoms with Crippen molar-refractivity contribution in [3.8, 4) is 5.75 Å². The van der Waals surface area contributed by atoms with Gasteiger partial charge in [-0.2, -0.15) is 0 Å². The topological polar surface area (TPSA) is 58.6 Å². The Morgan fingerprint density at radius 1 is 0.935 bits per heavy atom. The van der Waals surface area contributed by atoms with Gasteiger partial charge in [0.25, 0.3) is 5.91 Å². The van der Waals surface area contributed by atoms with E-state index >= 15 is 0 Å². The van der Waals surface area contributed by atoms with Gasteiger partial charge in [0.05, 0.1) is 6.54 Å². The van der Waals surface area contributed by atoms with Crippen LogP contribution in [0.4, 0.5) is 13.6 Å². The molecule has 0 radical (unpaired) electrons. The minimum absolute atomic E-state index is 0.106. The van der Waals surface area contributed by atoms with E-state index in [0.717, 1.165) is 4.90 Å². The summed E-state index contributed by atoms with van der Waals surface area (Å²) in [7, 11) is 0. The van der Waals surface area contributed by atoms with E-state index in [1.807, 2.05) is 0 Å². The second-order valence-electron chi connectivity index (χ2n) is 6.96. The Morgan fingerprint density at radius 3 is 2.45 bits per heavy atom. The average Bonchev–Trinajstić information content (AvgIpc) is 3.02. The number of nitrogens with zero attached hydrogens (tertiary/aromatic N) is 1. The van der Waals surface area contributed by atoms with Gasteiger partial charge in [0.2, 0.25) is 0 Å². The van der Waals surface area contributed by atoms with Crippen molar-refractivity contribution in [2.45, 2.75) is 13.2 Å². The van der Waals surface area contributed by atoms with Crippen molar-refractivity contribution in [2.24, 2.45) is 0 Å². The zero-order chi connectivity index (χ0) is 21.8. The highest BCUT2D eigenvalue weighted by atomic mass is 19.1. The molecule has 0 atom stereocenters. The molecule has 0 aromatic heterocycles. The monoisotopic (exact) mass is 420 g/mol. The van der Waals surface area contributed by atoms with Gasteiger partial charge in [-0.05, 0) is 47.5 Å². The molecule has 1 aliphatic rings. The maximum Gasteiger partial charge on any atom is 0.329 e. The maximum absolute atomic E-state index is 13.9. The number of amides is 3. The van der Waals surface area contributed by atoms with Gasteiger partial charge in [-0.15, -0.1) is 0 Å². The van der Waals surface area contributed by atoms with Crippen molar-refractivity contribution in [1.82, 2.24) is 10.2 Å². The Hall–Kier alpha value is -4.00. The van der Waals surface area contributed by atoms with Gasteiger partial charge in [0.15, 0.2) is 0 Å². The maximum atomic E-state index is 13.9. The molecule has 4 rings (SSSR count). The molecule has 1 aliphatic heterocycles. The number of ether oxygens (including phenoxy) is 1. The Bertz CT molecular complexity index is 1160. The third-order valence-electron chi connectivity index (χ3n) is 4.73. The molecule has 1 N–H and O–H groups in total. The summed E-state index contributed by atoms with van der Waals surface area (Å²) in [5.41, 5.74) is 1.75. The number of urea groups is 1. The number of hydrogen-bond donors (Lipinski definition) is 1. The molecule has 3 aromatic carbocycles. The highest BCUT2D eigenvalue weighted by Crippen LogP contribution is 2.20. The van der Waals surface area contributed by atoms with Crippen molar-refractivity contribution in [3.63, 3.8) is 0 Å². The first-order chi connectivity index (χ1) is 15.0. The van der Waals surface area contributed by atoms with E-state index in [4.69, 9.17) is 4.74 Å². The molecule has 0 aliphatic carbocycles. The summed E-state index contributed by atoms with van der Waals surface area (Å²) >= 11 is 0. The van der Waals surface area contributed by atoms with Crippen LogP contribution in [0.25, 0.3) is 6.08 Å². The lowest BCUT2D eigenvalue weighted by Gasteiger charge is -2.12. The molecule has 5 nitrogen and oxygen atoms in total. The van der Waals surface area contributed by atoms with E-state index in [1.54, 1.807) is 48.5 Å². The first-order valence-corrected chi connectivity index (χ1v) is 9.55. The second kappa shape index (κ2) is 8.79. The van der Waals surface area contributed by atoms with Gasteiger partial charge in [0, 0.05) is 5.56 Å². The van der Waals surface area contributed by atoms with E-state index in [-0.39, 0.29) is 30.2 Å². The molecule has 1 heterocycles. The number of carbonyl (C=O) groups excluding carboxylic acids is 2. The molecule has 31 heavy (non-hydrogen) atoms. The lowest BCUT2D eigenvalue weighted by Crippen LogP contribution is -2.30. The van der Waals surface area contributed by atoms with Crippen LogP contribution >= 0.6 is 0 Å². The Balaban J connectivity index is 1.42. The number of hydrogen-bond acceptors (Lipinski definition) is 3. The lowest BCUT2D eigenvalue weighted by atomic mass is 10.1. The van der Waals surface area contributed by atoms with Crippen molar-refractivity contribution >= 4 is 18.0 Å². The molecule has 0 saturated carbocycles. The predicted molar refractivity (Wildman–Crippen MR) is 111 cm³/mol. The van der Waals surface area contributed by atoms with Crippen LogP contribution in [-0.4, -0.2) is 16.8 Å². The van der Waals surface area contributed by atoms with E-state index in [9.17, 15) is 18.4 Å². The second-order valence-corrected chi connectivity index (χ2v) is 6.96. The molecule has 3 amide bonds. The first kappa shape index (κ1) is 20.3. The fourth-order valence-electron chi connectivity index (χ4n) is 3.13. The van der Waals surface area contributed by atoms with Crippen LogP contribution in [0.2, 0.25) is 0 Å². The van der Waals surface area contributed by atoms with Crippen LogP contribution in [0.15, 0.2) is 78.5 Å². The van der Waals surface area contributed by atoms with Gasteiger partial charge < -0.3 is 10.1 Å². The van der Waals surface area contributed by atoms with Gasteiger partial charge in [-0.3, -0.25) is 9.69 Å². The fourth-order valence-corrected chi connectivity index (χ4v) is 3.13. The number of rotatable bonds is 6. The summed E-state index contributed by atoms with van der Waals surface area (Å²) in [5, 5.41) is 2.52. The number of halogens is 2. The summed E-state index contributed by atoms with van der Waals surface area (Å²) in [6.45, 7) is 0.0687. The third-order valence-corrected chi connectivity index (χ3v) is 4.73. The molecular weight excluding hydrogens is 402 g/mol. The van der Waals surface area contributed by atoms with Crippen LogP contribution in [0.1, 0.15) is 16.7 Å². The number of carbonyl (C=O) groups is 2. The first-order valence-electron chi connectivity index (χ1n) is 9.55. The molecule has 0 bridgehead atoms. The van der Waals surface area contributed by atoms with Gasteiger partial charge >= 0.3 is 6.03 Å². The van der Waals surface area contributed by atoms with Crippen molar-refractivity contribution in [2.75, 3.05) is 0 Å². The Kier molecular flexibility index (Phi) is 5.75. The van der Waals surface area contributed by atoms with E-state index in [0.29, 0.717) is 16.9 Å². The smallest absolute Gasteiger partial charge is 0.329 e. The van der Waals surface area contributed by atoms with E-state index < -0.39 is 17.8 Å². The standard InChI is InChI=1S/C24H18F2N2O3/c25-19-6-3-4-17(12-19)15-31-20-10-8-16(9-11-20)13-22-23(29)28(24(30)27-22)14-18-5-1-2-7-21(18)26/h1-13H,14-15H2,(H,27,30)/b22-13+. The minimum atomic E-state index is -0.602. The van der Waals surface area contributed by atoms with Crippen LogP contribution < -0.4 is 10.1 Å². The zero-order valence-corrected chi connectivity index (χ0v) is 16.3. The van der Waals surface area contributed by atoms with Crippen LogP contribution in [0.5, 0.6) is 5.75 Å². The van der Waals surface area contributed by atoms with Crippen LogP contribution in [0.3, 0.4) is 0 Å². The minimum Gasteiger partial charge on any atom is -0.489 e. The number of imide groups is 1. The average molecular weight is 420 g/mol. The summed E-state index contributed by atoms with van der Waals surface area (Å²) in [5.74, 6) is -0.751. The molecule has 0 unspecified atom stereocenters. The van der Waals surface area contributed by atoms with Crippen molar-refractivity contribution < 1.29 is 23.1 Å². The third kappa shape index (κ3) is 4.78. The number of nitrogens with one attached hydrogen (secondary N) is 1. The molecule has 3 aromatic rings. The molecule has 0 spiro atoms. The SMILES string of the molecule is O=C1N/C(=C/c2ccc(OCc3cccc(F)c3)cc2)C(=O)N1Cc1ccccc1F. The number of benzene rings is 3. The normalized spacial score (nSPS) is 14.8. The highest BCUT2D eigenvalue weighted by molar-refractivity contribution is 6.13. The lowest BCUT2D eigenvalue weighted by molar-refractivity contribution is -0.123. The Morgan fingerprint density at radius 2 is 1.71 bits per heavy atom. The zero-order valence-electron chi connectivity index (χ0n) is 16.3. The fraction of sp³-hybridized carbons (Fsp3) is 0.0833. The predicted octanol–water partition coefficient (Wildman–Crippen LogP) is 4.64. The molecule has 156 valence electrons. The molecule has 7 heteroatoms. The molecule has 1 fully saturated rings. The van der Waals surface area contributed by atoms with E-state index in [2.05, 4.69) is 5.32 Å². The largest absolute Gasteiger partial charge is 0.489 e. The van der Waals surface area contributed by atoms with Crippen molar-refractivity contribution in [3.05, 3.63) is 107 Å². The summed E-state index contributed by atoms with van der Waals surface area (Å²) in [4.78, 5) is 25.7. The molecule has 1 saturated heterocycles. The van der Waals surface area contributed by atoms with Crippen molar-refractivity contribution in [1.29, 1.82) is 0 Å². The summed E-state index contributed by atoms with van der Waals surface area (Å²) in [6, 6.07) is 18.4. The van der Waals surface area contributed by atoms with E-state index in [1.165, 1.54) is 30.3 Å². The van der Waals surface area contributed by atoms with Crippen LogP contribution in [-0.2, 0) is 17.9 Å². The van der Waals surface area contributed by atoms with Crippen LogP contribution in [0, 0.1) is 11.6 Å². The van der Waals surface area contributed by atoms with Gasteiger partial charge in [-0.1, -0.05) is 42.5 Å². The highest BCUT2D eigenvalue weighted by Gasteiger charge is 2.33. The Labute approximate surface area is 177 Å². The summed E-state index contributed by atoms with van der Waals surface area (Å²) < 4.78 is 32.7. The van der Waals surface area contributed by atoms with Gasteiger partial charge in [-0.25, -0.2) is 13.6 Å². The summed E-state index contributed by atoms with van der Waals surface area (Å²) in [6.07, 6.45) is 1.54.